The first-order valence-electron chi connectivity index (χ1n) is 11.8. The predicted octanol–water partition coefficient (Wildman–Crippen LogP) is 4.51. The lowest BCUT2D eigenvalue weighted by Crippen LogP contribution is -2.55. The molecule has 1 amide bonds. The van der Waals surface area contributed by atoms with E-state index in [0.717, 1.165) is 49.5 Å². The number of thiocarbonyl (C=S) groups is 1. The van der Waals surface area contributed by atoms with Crippen LogP contribution < -0.4 is 14.5 Å². The van der Waals surface area contributed by atoms with Crippen LogP contribution in [0.15, 0.2) is 36.5 Å². The number of alkyl halides is 3. The van der Waals surface area contributed by atoms with Gasteiger partial charge in [0.05, 0.1) is 17.4 Å². The van der Waals surface area contributed by atoms with Gasteiger partial charge in [-0.3, -0.25) is 9.69 Å². The Hall–Kier alpha value is -3.23. The highest BCUT2D eigenvalue weighted by Crippen LogP contribution is 2.48. The number of aromatic nitrogens is 1. The van der Waals surface area contributed by atoms with Crippen molar-refractivity contribution in [3.63, 3.8) is 0 Å². The second kappa shape index (κ2) is 9.01. The molecule has 1 spiro atoms. The number of anilines is 2. The largest absolute Gasteiger partial charge is 0.489 e. The van der Waals surface area contributed by atoms with Gasteiger partial charge in [0.1, 0.15) is 23.5 Å². The van der Waals surface area contributed by atoms with Crippen LogP contribution in [0.25, 0.3) is 0 Å². The van der Waals surface area contributed by atoms with Gasteiger partial charge in [-0.25, -0.2) is 4.98 Å². The van der Waals surface area contributed by atoms with Crippen molar-refractivity contribution in [2.75, 3.05) is 29.9 Å². The first-order valence-corrected chi connectivity index (χ1v) is 12.2. The fourth-order valence-electron chi connectivity index (χ4n) is 5.17. The Bertz CT molecular complexity index is 1240. The molecule has 2 saturated heterocycles. The maximum atomic E-state index is 13.6. The number of rotatable bonds is 4. The average molecular weight is 516 g/mol. The number of amides is 1. The summed E-state index contributed by atoms with van der Waals surface area (Å²) in [7, 11) is 2.06. The van der Waals surface area contributed by atoms with Crippen molar-refractivity contribution in [1.29, 1.82) is 5.26 Å². The minimum Gasteiger partial charge on any atom is -0.489 e. The Morgan fingerprint density at radius 1 is 1.19 bits per heavy atom. The summed E-state index contributed by atoms with van der Waals surface area (Å²) in [5, 5.41) is 9.15. The van der Waals surface area contributed by atoms with Gasteiger partial charge in [-0.1, -0.05) is 0 Å². The highest BCUT2D eigenvalue weighted by Gasteiger charge is 2.59. The van der Waals surface area contributed by atoms with E-state index in [1.54, 1.807) is 4.90 Å². The molecule has 3 fully saturated rings. The van der Waals surface area contributed by atoms with Crippen LogP contribution in [0, 0.1) is 11.3 Å². The van der Waals surface area contributed by atoms with Crippen LogP contribution in [0.3, 0.4) is 0 Å². The molecule has 188 valence electrons. The van der Waals surface area contributed by atoms with E-state index in [4.69, 9.17) is 22.2 Å². The number of halogens is 3. The van der Waals surface area contributed by atoms with Crippen molar-refractivity contribution in [3.05, 3.63) is 47.8 Å². The quantitative estimate of drug-likeness (QED) is 0.555. The topological polar surface area (TPSA) is 72.7 Å². The summed E-state index contributed by atoms with van der Waals surface area (Å²) >= 11 is 5.65. The molecule has 1 aliphatic carbocycles. The van der Waals surface area contributed by atoms with E-state index in [9.17, 15) is 18.0 Å². The summed E-state index contributed by atoms with van der Waals surface area (Å²) in [5.41, 5.74) is -2.33. The molecule has 3 heterocycles. The highest BCUT2D eigenvalue weighted by atomic mass is 32.1. The van der Waals surface area contributed by atoms with Gasteiger partial charge in [0.2, 0.25) is 0 Å². The van der Waals surface area contributed by atoms with E-state index in [-0.39, 0.29) is 22.8 Å². The summed E-state index contributed by atoms with van der Waals surface area (Å²) in [5.74, 6) is 0.324. The number of nitriles is 1. The van der Waals surface area contributed by atoms with E-state index >= 15 is 0 Å². The molecule has 0 N–H and O–H groups in total. The monoisotopic (exact) mass is 515 g/mol. The zero-order chi connectivity index (χ0) is 25.7. The normalized spacial score (nSPS) is 22.0. The molecule has 11 heteroatoms. The molecular weight excluding hydrogens is 491 g/mol. The molecule has 0 unspecified atom stereocenters. The van der Waals surface area contributed by atoms with Gasteiger partial charge in [-0.05, 0) is 88.2 Å². The second-order valence-corrected chi connectivity index (χ2v) is 9.85. The number of likely N-dealkylation sites (tertiary alicyclic amines) is 1. The van der Waals surface area contributed by atoms with Crippen LogP contribution in [0.5, 0.6) is 5.75 Å². The maximum absolute atomic E-state index is 13.6. The molecule has 1 aromatic heterocycles. The molecular formula is C25H24F3N5O2S. The first-order chi connectivity index (χ1) is 17.1. The number of likely N-dealkylation sites (N-methyl/N-ethyl adjacent to an activating group) is 1. The number of nitrogens with zero attached hydrogens (tertiary/aromatic N) is 5. The van der Waals surface area contributed by atoms with Crippen molar-refractivity contribution in [2.45, 2.75) is 49.9 Å². The van der Waals surface area contributed by atoms with E-state index in [1.165, 1.54) is 6.07 Å². The van der Waals surface area contributed by atoms with Crippen LogP contribution in [0.2, 0.25) is 0 Å². The van der Waals surface area contributed by atoms with Crippen molar-refractivity contribution < 1.29 is 22.7 Å². The lowest BCUT2D eigenvalue weighted by atomic mass is 9.75. The number of piperidine rings is 1. The highest BCUT2D eigenvalue weighted by molar-refractivity contribution is 7.81. The molecule has 1 saturated carbocycles. The molecule has 1 atom stereocenters. The van der Waals surface area contributed by atoms with E-state index < -0.39 is 23.0 Å². The Morgan fingerprint density at radius 2 is 1.92 bits per heavy atom. The predicted molar refractivity (Wildman–Crippen MR) is 131 cm³/mol. The molecule has 0 radical (unpaired) electrons. The molecule has 2 aliphatic heterocycles. The van der Waals surface area contributed by atoms with E-state index in [0.29, 0.717) is 24.3 Å². The molecule has 0 bridgehead atoms. The van der Waals surface area contributed by atoms with Gasteiger partial charge in [0.15, 0.2) is 10.8 Å². The van der Waals surface area contributed by atoms with Crippen LogP contribution >= 0.6 is 12.2 Å². The van der Waals surface area contributed by atoms with Crippen LogP contribution in [0.4, 0.5) is 24.5 Å². The Morgan fingerprint density at radius 3 is 2.50 bits per heavy atom. The molecule has 3 aliphatic rings. The fraction of sp³-hybridized carbons (Fsp3) is 0.440. The Balaban J connectivity index is 1.44. The minimum atomic E-state index is -4.80. The van der Waals surface area contributed by atoms with Crippen LogP contribution in [-0.2, 0) is 11.0 Å². The first kappa shape index (κ1) is 24.5. The van der Waals surface area contributed by atoms with Crippen molar-refractivity contribution >= 4 is 34.6 Å². The third kappa shape index (κ3) is 4.08. The van der Waals surface area contributed by atoms with Crippen molar-refractivity contribution in [3.8, 4) is 11.8 Å². The fourth-order valence-corrected chi connectivity index (χ4v) is 5.64. The Labute approximate surface area is 212 Å². The SMILES string of the molecule is CN1CCC[C@H](Oc2ccc(N3C(=S)N(c4cnc(C#N)c(C(F)(F)F)c4)C(=O)C34CCC4)cc2)C1. The number of pyridine rings is 1. The van der Waals surface area contributed by atoms with Gasteiger partial charge < -0.3 is 14.5 Å². The maximum Gasteiger partial charge on any atom is 0.419 e. The lowest BCUT2D eigenvalue weighted by Gasteiger charge is -2.43. The lowest BCUT2D eigenvalue weighted by molar-refractivity contribution is -0.138. The van der Waals surface area contributed by atoms with E-state index in [2.05, 4.69) is 16.9 Å². The average Bonchev–Trinajstić information content (AvgIpc) is 3.05. The van der Waals surface area contributed by atoms with Crippen molar-refractivity contribution in [1.82, 2.24) is 9.88 Å². The number of carbonyl (C=O) groups excluding carboxylic acids is 1. The standard InChI is InChI=1S/C25H24F3N5O2S/c1-31-11-2-4-19(15-31)35-18-7-5-16(6-8-18)33-23(36)32(22(34)24(33)9-3-10-24)17-12-20(25(26,27)28)21(13-29)30-14-17/h5-8,12,14,19H,2-4,9-11,15H2,1H3/t19-/m0/s1. The Kier molecular flexibility index (Phi) is 6.12. The summed E-state index contributed by atoms with van der Waals surface area (Å²) in [6, 6.07) is 9.53. The number of benzene rings is 1. The number of ether oxygens (including phenoxy) is 1. The molecule has 7 nitrogen and oxygen atoms in total. The summed E-state index contributed by atoms with van der Waals surface area (Å²) in [6.07, 6.45) is 0.311. The van der Waals surface area contributed by atoms with Gasteiger partial charge >= 0.3 is 6.18 Å². The molecule has 2 aromatic rings. The van der Waals surface area contributed by atoms with Crippen LogP contribution in [-0.4, -0.2) is 52.7 Å². The zero-order valence-corrected chi connectivity index (χ0v) is 20.4. The molecule has 1 aromatic carbocycles. The number of carbonyl (C=O) groups is 1. The van der Waals surface area contributed by atoms with Gasteiger partial charge in [-0.2, -0.15) is 18.4 Å². The van der Waals surface area contributed by atoms with Gasteiger partial charge in [-0.15, -0.1) is 0 Å². The summed E-state index contributed by atoms with van der Waals surface area (Å²) in [6.45, 7) is 1.90. The molecule has 36 heavy (non-hydrogen) atoms. The summed E-state index contributed by atoms with van der Waals surface area (Å²) < 4.78 is 46.8. The number of hydrogen-bond donors (Lipinski definition) is 0. The zero-order valence-electron chi connectivity index (χ0n) is 19.6. The smallest absolute Gasteiger partial charge is 0.419 e. The van der Waals surface area contributed by atoms with Crippen molar-refractivity contribution in [2.24, 2.45) is 0 Å². The molecule has 5 rings (SSSR count). The van der Waals surface area contributed by atoms with Crippen LogP contribution in [0.1, 0.15) is 43.4 Å². The third-order valence-electron chi connectivity index (χ3n) is 7.11. The van der Waals surface area contributed by atoms with E-state index in [1.807, 2.05) is 24.3 Å². The number of hydrogen-bond acceptors (Lipinski definition) is 6. The second-order valence-electron chi connectivity index (χ2n) is 9.48. The van der Waals surface area contributed by atoms with Gasteiger partial charge in [0.25, 0.3) is 5.91 Å². The third-order valence-corrected chi connectivity index (χ3v) is 7.48. The summed E-state index contributed by atoms with van der Waals surface area (Å²) in [4.78, 5) is 22.3. The van der Waals surface area contributed by atoms with Gasteiger partial charge in [0, 0.05) is 12.2 Å². The minimum absolute atomic E-state index is 0.0851.